The van der Waals surface area contributed by atoms with E-state index in [2.05, 4.69) is 31.0 Å². The lowest BCUT2D eigenvalue weighted by Gasteiger charge is -2.15. The minimum Gasteiger partial charge on any atom is -0.299 e. The Morgan fingerprint density at radius 1 is 1.54 bits per heavy atom. The quantitative estimate of drug-likeness (QED) is 0.747. The molecule has 0 aliphatic rings. The third kappa shape index (κ3) is 4.12. The number of hydrogen-bond acceptors (Lipinski definition) is 4. The standard InChI is InChI=1S/C9H14N2OS/c1-9(2,3)5-7(12)4-8-11-10-6-13-8/h6H,4-5H2,1-3H3. The minimum atomic E-state index is 0.0712. The minimum absolute atomic E-state index is 0.0712. The molecule has 0 bridgehead atoms. The molecule has 0 fully saturated rings. The zero-order chi connectivity index (χ0) is 9.90. The predicted octanol–water partition coefficient (Wildman–Crippen LogP) is 2.09. The summed E-state index contributed by atoms with van der Waals surface area (Å²) in [6.45, 7) is 6.18. The highest BCUT2D eigenvalue weighted by atomic mass is 32.1. The molecular formula is C9H14N2OS. The largest absolute Gasteiger partial charge is 0.299 e. The van der Waals surface area contributed by atoms with Gasteiger partial charge in [-0.1, -0.05) is 20.8 Å². The van der Waals surface area contributed by atoms with Gasteiger partial charge < -0.3 is 0 Å². The summed E-state index contributed by atoms with van der Waals surface area (Å²) in [5.74, 6) is 0.240. The van der Waals surface area contributed by atoms with E-state index >= 15 is 0 Å². The summed E-state index contributed by atoms with van der Waals surface area (Å²) in [5, 5.41) is 8.34. The molecule has 0 unspecified atom stereocenters. The fourth-order valence-corrected chi connectivity index (χ4v) is 1.65. The average Bonchev–Trinajstić information content (AvgIpc) is 2.34. The van der Waals surface area contributed by atoms with Crippen LogP contribution in [0.5, 0.6) is 0 Å². The number of nitrogens with zero attached hydrogens (tertiary/aromatic N) is 2. The van der Waals surface area contributed by atoms with Crippen molar-refractivity contribution >= 4 is 17.1 Å². The lowest BCUT2D eigenvalue weighted by Crippen LogP contribution is -2.14. The van der Waals surface area contributed by atoms with Crippen molar-refractivity contribution in [2.75, 3.05) is 0 Å². The molecule has 0 atom stereocenters. The maximum absolute atomic E-state index is 11.5. The van der Waals surface area contributed by atoms with Gasteiger partial charge in [-0.25, -0.2) is 0 Å². The SMILES string of the molecule is CC(C)(C)CC(=O)Cc1nncs1. The first-order valence-electron chi connectivity index (χ1n) is 4.24. The highest BCUT2D eigenvalue weighted by molar-refractivity contribution is 7.09. The van der Waals surface area contributed by atoms with Crippen LogP contribution in [0.2, 0.25) is 0 Å². The van der Waals surface area contributed by atoms with E-state index in [0.717, 1.165) is 5.01 Å². The Kier molecular flexibility index (Phi) is 3.14. The van der Waals surface area contributed by atoms with E-state index < -0.39 is 0 Å². The van der Waals surface area contributed by atoms with Gasteiger partial charge in [0.05, 0.1) is 6.42 Å². The van der Waals surface area contributed by atoms with Crippen molar-refractivity contribution in [1.82, 2.24) is 10.2 Å². The third-order valence-corrected chi connectivity index (χ3v) is 2.18. The van der Waals surface area contributed by atoms with Crippen LogP contribution in [-0.4, -0.2) is 16.0 Å². The van der Waals surface area contributed by atoms with Crippen molar-refractivity contribution in [2.24, 2.45) is 5.41 Å². The van der Waals surface area contributed by atoms with Crippen molar-refractivity contribution in [3.8, 4) is 0 Å². The molecule has 1 rings (SSSR count). The summed E-state index contributed by atoms with van der Waals surface area (Å²) in [7, 11) is 0. The maximum atomic E-state index is 11.5. The molecule has 4 heteroatoms. The zero-order valence-corrected chi connectivity index (χ0v) is 9.02. The number of Topliss-reactive ketones (excluding diaryl/α,β-unsaturated/α-hetero) is 1. The van der Waals surface area contributed by atoms with Gasteiger partial charge in [0.15, 0.2) is 0 Å². The Hall–Kier alpha value is -0.770. The smallest absolute Gasteiger partial charge is 0.140 e. The fourth-order valence-electron chi connectivity index (χ4n) is 1.10. The number of rotatable bonds is 3. The van der Waals surface area contributed by atoms with E-state index in [1.807, 2.05) is 0 Å². The number of carbonyl (C=O) groups is 1. The summed E-state index contributed by atoms with van der Waals surface area (Å²) in [6, 6.07) is 0. The van der Waals surface area contributed by atoms with Crippen LogP contribution in [0, 0.1) is 5.41 Å². The van der Waals surface area contributed by atoms with E-state index in [9.17, 15) is 4.79 Å². The van der Waals surface area contributed by atoms with Gasteiger partial charge in [0.2, 0.25) is 0 Å². The second-order valence-electron chi connectivity index (χ2n) is 4.29. The zero-order valence-electron chi connectivity index (χ0n) is 8.20. The van der Waals surface area contributed by atoms with Gasteiger partial charge in [-0.3, -0.25) is 4.79 Å². The first-order chi connectivity index (χ1) is 5.97. The summed E-state index contributed by atoms with van der Waals surface area (Å²) in [6.07, 6.45) is 1.04. The van der Waals surface area contributed by atoms with Crippen LogP contribution in [-0.2, 0) is 11.2 Å². The molecule has 0 aliphatic heterocycles. The number of ketones is 1. The van der Waals surface area contributed by atoms with Crippen molar-refractivity contribution in [2.45, 2.75) is 33.6 Å². The third-order valence-electron chi connectivity index (χ3n) is 1.48. The van der Waals surface area contributed by atoms with Crippen molar-refractivity contribution in [3.05, 3.63) is 10.5 Å². The fraction of sp³-hybridized carbons (Fsp3) is 0.667. The Labute approximate surface area is 82.2 Å². The van der Waals surface area contributed by atoms with Gasteiger partial charge >= 0.3 is 0 Å². The van der Waals surface area contributed by atoms with Crippen LogP contribution in [0.25, 0.3) is 0 Å². The van der Waals surface area contributed by atoms with Crippen molar-refractivity contribution in [3.63, 3.8) is 0 Å². The monoisotopic (exact) mass is 198 g/mol. The van der Waals surface area contributed by atoms with Crippen molar-refractivity contribution < 1.29 is 4.79 Å². The number of carbonyl (C=O) groups excluding carboxylic acids is 1. The summed E-state index contributed by atoms with van der Waals surface area (Å²) in [4.78, 5) is 11.5. The van der Waals surface area contributed by atoms with E-state index in [0.29, 0.717) is 12.8 Å². The molecule has 3 nitrogen and oxygen atoms in total. The molecule has 0 saturated carbocycles. The van der Waals surface area contributed by atoms with Gasteiger partial charge in [-0.05, 0) is 5.41 Å². The molecule has 0 aromatic carbocycles. The normalized spacial score (nSPS) is 11.6. The van der Waals surface area contributed by atoms with Gasteiger partial charge in [-0.15, -0.1) is 21.5 Å². The Morgan fingerprint density at radius 3 is 2.69 bits per heavy atom. The van der Waals surface area contributed by atoms with Crippen LogP contribution in [0.4, 0.5) is 0 Å². The van der Waals surface area contributed by atoms with Crippen LogP contribution >= 0.6 is 11.3 Å². The van der Waals surface area contributed by atoms with E-state index in [1.165, 1.54) is 11.3 Å². The molecule has 72 valence electrons. The van der Waals surface area contributed by atoms with Gasteiger partial charge in [0.1, 0.15) is 16.3 Å². The van der Waals surface area contributed by atoms with Gasteiger partial charge in [-0.2, -0.15) is 0 Å². The van der Waals surface area contributed by atoms with E-state index in [4.69, 9.17) is 0 Å². The van der Waals surface area contributed by atoms with Crippen molar-refractivity contribution in [1.29, 1.82) is 0 Å². The topological polar surface area (TPSA) is 42.9 Å². The van der Waals surface area contributed by atoms with Crippen LogP contribution in [0.15, 0.2) is 5.51 Å². The molecule has 1 aromatic rings. The average molecular weight is 198 g/mol. The summed E-state index contributed by atoms with van der Waals surface area (Å²) in [5.41, 5.74) is 1.72. The molecule has 0 N–H and O–H groups in total. The second-order valence-corrected chi connectivity index (χ2v) is 5.20. The number of aromatic nitrogens is 2. The molecule has 13 heavy (non-hydrogen) atoms. The predicted molar refractivity (Wildman–Crippen MR) is 52.7 cm³/mol. The number of hydrogen-bond donors (Lipinski definition) is 0. The lowest BCUT2D eigenvalue weighted by molar-refractivity contribution is -0.120. The van der Waals surface area contributed by atoms with Gasteiger partial charge in [0, 0.05) is 6.42 Å². The molecule has 0 saturated heterocycles. The van der Waals surface area contributed by atoms with Crippen LogP contribution in [0.1, 0.15) is 32.2 Å². The Bertz CT molecular complexity index is 274. The first kappa shape index (κ1) is 10.3. The molecule has 1 aromatic heterocycles. The van der Waals surface area contributed by atoms with Crippen LogP contribution in [0.3, 0.4) is 0 Å². The first-order valence-corrected chi connectivity index (χ1v) is 5.12. The maximum Gasteiger partial charge on any atom is 0.140 e. The lowest BCUT2D eigenvalue weighted by atomic mass is 9.89. The van der Waals surface area contributed by atoms with Gasteiger partial charge in [0.25, 0.3) is 0 Å². The molecular weight excluding hydrogens is 184 g/mol. The second kappa shape index (κ2) is 3.96. The molecule has 0 aliphatic carbocycles. The molecule has 0 amide bonds. The van der Waals surface area contributed by atoms with Crippen LogP contribution < -0.4 is 0 Å². The molecule has 0 radical (unpaired) electrons. The summed E-state index contributed by atoms with van der Waals surface area (Å²) < 4.78 is 0. The molecule has 0 spiro atoms. The molecule has 1 heterocycles. The Morgan fingerprint density at radius 2 is 2.23 bits per heavy atom. The van der Waals surface area contributed by atoms with E-state index in [-0.39, 0.29) is 11.2 Å². The highest BCUT2D eigenvalue weighted by Crippen LogP contribution is 2.20. The Balaban J connectivity index is 2.43. The van der Waals surface area contributed by atoms with E-state index in [1.54, 1.807) is 5.51 Å². The summed E-state index contributed by atoms with van der Waals surface area (Å²) >= 11 is 1.43. The highest BCUT2D eigenvalue weighted by Gasteiger charge is 2.16.